The molecule has 0 bridgehead atoms. The molecule has 4 rings (SSSR count). The Morgan fingerprint density at radius 2 is 1.86 bits per heavy atom. The molecule has 0 spiro atoms. The van der Waals surface area contributed by atoms with E-state index >= 15 is 0 Å². The first-order valence-electron chi connectivity index (χ1n) is 11.0. The molecule has 3 aromatic rings. The number of pyridine rings is 1. The molecule has 1 aromatic heterocycles. The van der Waals surface area contributed by atoms with E-state index in [-0.39, 0.29) is 61.0 Å². The number of hydrogen-bond donors (Lipinski definition) is 1. The summed E-state index contributed by atoms with van der Waals surface area (Å²) in [7, 11) is 0. The number of anilines is 2. The van der Waals surface area contributed by atoms with Crippen LogP contribution in [0, 0.1) is 11.6 Å². The zero-order chi connectivity index (χ0) is 26.0. The van der Waals surface area contributed by atoms with Crippen LogP contribution in [-0.2, 0) is 22.7 Å². The predicted octanol–water partition coefficient (Wildman–Crippen LogP) is 3.45. The quantitative estimate of drug-likeness (QED) is 0.518. The molecule has 2 aromatic carbocycles. The highest BCUT2D eigenvalue weighted by Gasteiger charge is 2.32. The highest BCUT2D eigenvalue weighted by molar-refractivity contribution is 6.31. The fraction of sp³-hybridized carbons (Fsp3) is 0.240. The summed E-state index contributed by atoms with van der Waals surface area (Å²) >= 11 is 6.21. The summed E-state index contributed by atoms with van der Waals surface area (Å²) in [5, 5.41) is 8.90. The van der Waals surface area contributed by atoms with Crippen LogP contribution in [0.4, 0.5) is 20.2 Å². The minimum atomic E-state index is -0.771. The second-order valence-electron chi connectivity index (χ2n) is 8.16. The van der Waals surface area contributed by atoms with Gasteiger partial charge in [-0.25, -0.2) is 8.78 Å². The number of carbonyl (C=O) groups is 2. The van der Waals surface area contributed by atoms with Crippen molar-refractivity contribution in [1.82, 2.24) is 4.57 Å². The molecule has 0 atom stereocenters. The lowest BCUT2D eigenvalue weighted by atomic mass is 10.1. The van der Waals surface area contributed by atoms with Crippen molar-refractivity contribution in [3.05, 3.63) is 86.8 Å². The number of halogens is 3. The van der Waals surface area contributed by atoms with Crippen LogP contribution >= 0.6 is 11.6 Å². The summed E-state index contributed by atoms with van der Waals surface area (Å²) < 4.78 is 33.7. The zero-order valence-electron chi connectivity index (χ0n) is 19.2. The molecule has 11 heteroatoms. The standard InChI is InChI=1S/C25H22ClF2N3O5/c1-15(33)30-14-31(23(34)7-9-32)20-5-2-16(10-21(20)30)12-29-8-6-22(24(26)25(29)35)36-13-17-3-4-18(27)11-19(17)28/h2-6,8,10-11,32H,7,9,12-14H2,1H3. The monoisotopic (exact) mass is 517 g/mol. The van der Waals surface area contributed by atoms with Gasteiger partial charge in [-0.05, 0) is 35.9 Å². The summed E-state index contributed by atoms with van der Waals surface area (Å²) in [5.41, 5.74) is 1.30. The Morgan fingerprint density at radius 1 is 1.08 bits per heavy atom. The average molecular weight is 518 g/mol. The molecular formula is C25H22ClF2N3O5. The third kappa shape index (κ3) is 5.09. The van der Waals surface area contributed by atoms with Crippen molar-refractivity contribution in [2.75, 3.05) is 23.1 Å². The zero-order valence-corrected chi connectivity index (χ0v) is 20.0. The summed E-state index contributed by atoms with van der Waals surface area (Å²) in [6.45, 7) is 1.00. The molecule has 1 N–H and O–H groups in total. The van der Waals surface area contributed by atoms with Crippen molar-refractivity contribution >= 4 is 34.8 Å². The van der Waals surface area contributed by atoms with Gasteiger partial charge in [-0.15, -0.1) is 0 Å². The van der Waals surface area contributed by atoms with Crippen LogP contribution in [0.25, 0.3) is 0 Å². The molecule has 188 valence electrons. The molecule has 0 saturated heterocycles. The van der Waals surface area contributed by atoms with E-state index in [9.17, 15) is 23.2 Å². The first kappa shape index (κ1) is 25.3. The summed E-state index contributed by atoms with van der Waals surface area (Å²) in [6, 6.07) is 9.68. The highest BCUT2D eigenvalue weighted by Crippen LogP contribution is 2.37. The van der Waals surface area contributed by atoms with Gasteiger partial charge in [0, 0.05) is 24.8 Å². The first-order valence-corrected chi connectivity index (χ1v) is 11.3. The number of carbonyl (C=O) groups excluding carboxylic acids is 2. The van der Waals surface area contributed by atoms with Gasteiger partial charge in [-0.2, -0.15) is 0 Å². The summed E-state index contributed by atoms with van der Waals surface area (Å²) in [5.74, 6) is -2.00. The van der Waals surface area contributed by atoms with Gasteiger partial charge in [0.05, 0.1) is 30.9 Å². The second-order valence-corrected chi connectivity index (χ2v) is 8.54. The molecule has 2 heterocycles. The number of benzene rings is 2. The number of fused-ring (bicyclic) bond motifs is 1. The Hall–Kier alpha value is -3.76. The minimum Gasteiger partial charge on any atom is -0.487 e. The third-order valence-corrected chi connectivity index (χ3v) is 6.08. The van der Waals surface area contributed by atoms with E-state index in [1.807, 2.05) is 0 Å². The molecule has 2 amide bonds. The van der Waals surface area contributed by atoms with Gasteiger partial charge in [0.15, 0.2) is 0 Å². The number of nitrogens with zero attached hydrogens (tertiary/aromatic N) is 3. The number of hydrogen-bond acceptors (Lipinski definition) is 5. The van der Waals surface area contributed by atoms with Crippen molar-refractivity contribution in [3.63, 3.8) is 0 Å². The number of rotatable bonds is 7. The van der Waals surface area contributed by atoms with Crippen LogP contribution in [0.5, 0.6) is 5.75 Å². The first-order chi connectivity index (χ1) is 17.2. The van der Waals surface area contributed by atoms with Gasteiger partial charge in [0.25, 0.3) is 5.56 Å². The Kier molecular flexibility index (Phi) is 7.37. The van der Waals surface area contributed by atoms with Gasteiger partial charge in [0.1, 0.15) is 35.7 Å². The Balaban J connectivity index is 1.55. The van der Waals surface area contributed by atoms with Crippen LogP contribution in [0.1, 0.15) is 24.5 Å². The third-order valence-electron chi connectivity index (χ3n) is 5.73. The van der Waals surface area contributed by atoms with Crippen LogP contribution in [0.15, 0.2) is 53.5 Å². The summed E-state index contributed by atoms with van der Waals surface area (Å²) in [4.78, 5) is 40.2. The lowest BCUT2D eigenvalue weighted by Gasteiger charge is -2.17. The second kappa shape index (κ2) is 10.5. The smallest absolute Gasteiger partial charge is 0.273 e. The maximum absolute atomic E-state index is 13.8. The van der Waals surface area contributed by atoms with E-state index in [1.54, 1.807) is 18.2 Å². The van der Waals surface area contributed by atoms with Crippen LogP contribution in [-0.4, -0.2) is 34.8 Å². The minimum absolute atomic E-state index is 0.0411. The lowest BCUT2D eigenvalue weighted by molar-refractivity contribution is -0.119. The molecule has 1 aliphatic heterocycles. The number of ether oxygens (including phenoxy) is 1. The molecular weight excluding hydrogens is 496 g/mol. The predicted molar refractivity (Wildman–Crippen MR) is 129 cm³/mol. The molecule has 0 radical (unpaired) electrons. The number of aliphatic hydroxyl groups is 1. The van der Waals surface area contributed by atoms with E-state index in [0.29, 0.717) is 16.9 Å². The fourth-order valence-corrected chi connectivity index (χ4v) is 4.10. The molecule has 0 unspecified atom stereocenters. The molecule has 0 fully saturated rings. The van der Waals surface area contributed by atoms with Gasteiger partial charge in [-0.1, -0.05) is 17.7 Å². The van der Waals surface area contributed by atoms with E-state index in [2.05, 4.69) is 0 Å². The largest absolute Gasteiger partial charge is 0.487 e. The Bertz CT molecular complexity index is 1390. The van der Waals surface area contributed by atoms with Crippen molar-refractivity contribution in [2.24, 2.45) is 0 Å². The van der Waals surface area contributed by atoms with Crippen LogP contribution < -0.4 is 20.1 Å². The molecule has 36 heavy (non-hydrogen) atoms. The maximum Gasteiger partial charge on any atom is 0.273 e. The fourth-order valence-electron chi connectivity index (χ4n) is 3.88. The highest BCUT2D eigenvalue weighted by atomic mass is 35.5. The average Bonchev–Trinajstić information content (AvgIpc) is 3.22. The van der Waals surface area contributed by atoms with E-state index < -0.39 is 17.2 Å². The van der Waals surface area contributed by atoms with Gasteiger partial charge < -0.3 is 14.4 Å². The number of amides is 2. The van der Waals surface area contributed by atoms with E-state index in [1.165, 1.54) is 39.6 Å². The van der Waals surface area contributed by atoms with Gasteiger partial charge >= 0.3 is 0 Å². The molecule has 8 nitrogen and oxygen atoms in total. The van der Waals surface area contributed by atoms with Gasteiger partial charge in [0.2, 0.25) is 11.8 Å². The number of aliphatic hydroxyl groups excluding tert-OH is 1. The van der Waals surface area contributed by atoms with Crippen molar-refractivity contribution in [2.45, 2.75) is 26.5 Å². The topological polar surface area (TPSA) is 92.1 Å². The Morgan fingerprint density at radius 3 is 2.56 bits per heavy atom. The molecule has 1 aliphatic rings. The maximum atomic E-state index is 13.8. The summed E-state index contributed by atoms with van der Waals surface area (Å²) in [6.07, 6.45) is 1.40. The van der Waals surface area contributed by atoms with Crippen LogP contribution in [0.3, 0.4) is 0 Å². The SMILES string of the molecule is CC(=O)N1CN(C(=O)CCO)c2ccc(Cn3ccc(OCc4ccc(F)cc4F)c(Cl)c3=O)cc21. The van der Waals surface area contributed by atoms with Crippen molar-refractivity contribution in [1.29, 1.82) is 0 Å². The van der Waals surface area contributed by atoms with Gasteiger partial charge in [-0.3, -0.25) is 24.2 Å². The van der Waals surface area contributed by atoms with E-state index in [0.717, 1.165) is 12.1 Å². The number of aromatic nitrogens is 1. The molecule has 0 saturated carbocycles. The molecule has 0 aliphatic carbocycles. The van der Waals surface area contributed by atoms with Crippen molar-refractivity contribution in [3.8, 4) is 5.75 Å². The Labute approximate surface area is 209 Å². The van der Waals surface area contributed by atoms with Crippen LogP contribution in [0.2, 0.25) is 5.02 Å². The van der Waals surface area contributed by atoms with Crippen molar-refractivity contribution < 1.29 is 28.2 Å². The normalized spacial score (nSPS) is 12.6. The lowest BCUT2D eigenvalue weighted by Crippen LogP contribution is -2.37. The van der Waals surface area contributed by atoms with E-state index in [4.69, 9.17) is 21.4 Å².